The standard InChI is InChI=1S/C15H22BrN3OS/c1-4-19(5-2)9-8-17-15(21)18-14(20)12-7-6-11(3)13(16)10-12/h6-7,10H,4-5,8-9H2,1-3H3,(H2,17,18,20,21). The summed E-state index contributed by atoms with van der Waals surface area (Å²) in [4.78, 5) is 14.3. The fourth-order valence-corrected chi connectivity index (χ4v) is 2.39. The Bertz CT molecular complexity index is 504. The first-order valence-corrected chi connectivity index (χ1v) is 8.25. The molecule has 6 heteroatoms. The first-order chi connectivity index (χ1) is 9.97. The maximum absolute atomic E-state index is 12.1. The maximum Gasteiger partial charge on any atom is 0.257 e. The second-order valence-corrected chi connectivity index (χ2v) is 5.96. The molecular weight excluding hydrogens is 350 g/mol. The average Bonchev–Trinajstić information content (AvgIpc) is 2.46. The van der Waals surface area contributed by atoms with E-state index in [0.29, 0.717) is 10.7 Å². The van der Waals surface area contributed by atoms with E-state index in [1.807, 2.05) is 13.0 Å². The second kappa shape index (κ2) is 9.12. The molecule has 1 rings (SSSR count). The van der Waals surface area contributed by atoms with Crippen LogP contribution in [0, 0.1) is 6.92 Å². The molecule has 0 heterocycles. The topological polar surface area (TPSA) is 44.4 Å². The molecule has 0 fully saturated rings. The lowest BCUT2D eigenvalue weighted by molar-refractivity contribution is 0.0976. The third-order valence-corrected chi connectivity index (χ3v) is 4.37. The number of carbonyl (C=O) groups excluding carboxylic acids is 1. The molecule has 0 bridgehead atoms. The molecule has 1 aromatic carbocycles. The van der Waals surface area contributed by atoms with Crippen molar-refractivity contribution in [2.75, 3.05) is 26.2 Å². The number of halogens is 1. The van der Waals surface area contributed by atoms with Gasteiger partial charge in [0.15, 0.2) is 5.11 Å². The summed E-state index contributed by atoms with van der Waals surface area (Å²) in [5.74, 6) is -0.198. The van der Waals surface area contributed by atoms with Gasteiger partial charge in [0.2, 0.25) is 0 Å². The fourth-order valence-electron chi connectivity index (χ4n) is 1.82. The van der Waals surface area contributed by atoms with Gasteiger partial charge in [-0.2, -0.15) is 0 Å². The molecule has 0 aliphatic rings. The van der Waals surface area contributed by atoms with Gasteiger partial charge in [0.25, 0.3) is 5.91 Å². The number of amides is 1. The Hall–Kier alpha value is -0.980. The first kappa shape index (κ1) is 18.1. The van der Waals surface area contributed by atoms with Crippen LogP contribution < -0.4 is 10.6 Å². The van der Waals surface area contributed by atoms with Gasteiger partial charge in [-0.3, -0.25) is 10.1 Å². The number of nitrogens with one attached hydrogen (secondary N) is 2. The Balaban J connectivity index is 2.43. The molecule has 2 N–H and O–H groups in total. The number of carbonyl (C=O) groups is 1. The quantitative estimate of drug-likeness (QED) is 0.754. The third-order valence-electron chi connectivity index (χ3n) is 3.27. The van der Waals surface area contributed by atoms with Crippen LogP contribution in [-0.2, 0) is 0 Å². The zero-order chi connectivity index (χ0) is 15.8. The summed E-state index contributed by atoms with van der Waals surface area (Å²) in [5.41, 5.74) is 1.67. The molecule has 0 aromatic heterocycles. The minimum atomic E-state index is -0.198. The Morgan fingerprint density at radius 2 is 2.00 bits per heavy atom. The number of rotatable bonds is 6. The van der Waals surface area contributed by atoms with Crippen molar-refractivity contribution in [2.24, 2.45) is 0 Å². The molecule has 1 aromatic rings. The van der Waals surface area contributed by atoms with Crippen LogP contribution in [0.3, 0.4) is 0 Å². The zero-order valence-corrected chi connectivity index (χ0v) is 15.1. The van der Waals surface area contributed by atoms with Crippen LogP contribution in [0.4, 0.5) is 0 Å². The highest BCUT2D eigenvalue weighted by atomic mass is 79.9. The van der Waals surface area contributed by atoms with Gasteiger partial charge in [-0.25, -0.2) is 0 Å². The van der Waals surface area contributed by atoms with Crippen LogP contribution in [-0.4, -0.2) is 42.1 Å². The van der Waals surface area contributed by atoms with E-state index < -0.39 is 0 Å². The van der Waals surface area contributed by atoms with Crippen LogP contribution in [0.25, 0.3) is 0 Å². The smallest absolute Gasteiger partial charge is 0.257 e. The highest BCUT2D eigenvalue weighted by molar-refractivity contribution is 9.10. The normalized spacial score (nSPS) is 10.5. The lowest BCUT2D eigenvalue weighted by atomic mass is 10.1. The van der Waals surface area contributed by atoms with Crippen LogP contribution >= 0.6 is 28.1 Å². The van der Waals surface area contributed by atoms with Crippen molar-refractivity contribution in [1.29, 1.82) is 0 Å². The summed E-state index contributed by atoms with van der Waals surface area (Å²) < 4.78 is 0.913. The molecule has 0 saturated carbocycles. The Labute approximate surface area is 140 Å². The Kier molecular flexibility index (Phi) is 7.85. The van der Waals surface area contributed by atoms with Crippen LogP contribution in [0.15, 0.2) is 22.7 Å². The van der Waals surface area contributed by atoms with E-state index in [-0.39, 0.29) is 5.91 Å². The van der Waals surface area contributed by atoms with E-state index in [9.17, 15) is 4.79 Å². The number of benzene rings is 1. The van der Waals surface area contributed by atoms with Gasteiger partial charge in [-0.15, -0.1) is 0 Å². The largest absolute Gasteiger partial charge is 0.361 e. The van der Waals surface area contributed by atoms with E-state index in [4.69, 9.17) is 12.2 Å². The van der Waals surface area contributed by atoms with Gasteiger partial charge < -0.3 is 10.2 Å². The summed E-state index contributed by atoms with van der Waals surface area (Å²) in [6.45, 7) is 9.86. The lowest BCUT2D eigenvalue weighted by Crippen LogP contribution is -2.42. The highest BCUT2D eigenvalue weighted by Crippen LogP contribution is 2.17. The summed E-state index contributed by atoms with van der Waals surface area (Å²) in [6.07, 6.45) is 0. The number of hydrogen-bond donors (Lipinski definition) is 2. The number of thiocarbonyl (C=S) groups is 1. The van der Waals surface area contributed by atoms with Crippen molar-refractivity contribution in [3.63, 3.8) is 0 Å². The van der Waals surface area contributed by atoms with Gasteiger partial charge >= 0.3 is 0 Å². The average molecular weight is 372 g/mol. The minimum absolute atomic E-state index is 0.198. The number of aryl methyl sites for hydroxylation is 1. The molecule has 0 aliphatic heterocycles. The zero-order valence-electron chi connectivity index (χ0n) is 12.7. The third kappa shape index (κ3) is 6.11. The van der Waals surface area contributed by atoms with Crippen molar-refractivity contribution < 1.29 is 4.79 Å². The van der Waals surface area contributed by atoms with Gasteiger partial charge in [0.1, 0.15) is 0 Å². The number of hydrogen-bond acceptors (Lipinski definition) is 3. The van der Waals surface area contributed by atoms with Crippen molar-refractivity contribution in [1.82, 2.24) is 15.5 Å². The summed E-state index contributed by atoms with van der Waals surface area (Å²) in [5, 5.41) is 6.11. The number of nitrogens with zero attached hydrogens (tertiary/aromatic N) is 1. The molecule has 21 heavy (non-hydrogen) atoms. The van der Waals surface area contributed by atoms with Gasteiger partial charge in [-0.1, -0.05) is 35.8 Å². The highest BCUT2D eigenvalue weighted by Gasteiger charge is 2.09. The minimum Gasteiger partial charge on any atom is -0.361 e. The molecule has 0 aliphatic carbocycles. The molecule has 0 radical (unpaired) electrons. The molecule has 0 atom stereocenters. The van der Waals surface area contributed by atoms with Gasteiger partial charge in [-0.05, 0) is 49.9 Å². The van der Waals surface area contributed by atoms with Crippen molar-refractivity contribution >= 4 is 39.2 Å². The SMILES string of the molecule is CCN(CC)CCNC(=S)NC(=O)c1ccc(C)c(Br)c1. The van der Waals surface area contributed by atoms with E-state index in [2.05, 4.69) is 45.3 Å². The summed E-state index contributed by atoms with van der Waals surface area (Å²) in [7, 11) is 0. The molecule has 0 spiro atoms. The van der Waals surface area contributed by atoms with Crippen LogP contribution in [0.1, 0.15) is 29.8 Å². The van der Waals surface area contributed by atoms with Crippen LogP contribution in [0.2, 0.25) is 0 Å². The van der Waals surface area contributed by atoms with Crippen molar-refractivity contribution in [3.8, 4) is 0 Å². The molecule has 4 nitrogen and oxygen atoms in total. The summed E-state index contributed by atoms with van der Waals surface area (Å²) >= 11 is 8.56. The summed E-state index contributed by atoms with van der Waals surface area (Å²) in [6, 6.07) is 5.48. The fraction of sp³-hybridized carbons (Fsp3) is 0.467. The predicted molar refractivity (Wildman–Crippen MR) is 94.7 cm³/mol. The molecule has 0 unspecified atom stereocenters. The Morgan fingerprint density at radius 3 is 2.57 bits per heavy atom. The lowest BCUT2D eigenvalue weighted by Gasteiger charge is -2.18. The van der Waals surface area contributed by atoms with E-state index in [0.717, 1.165) is 36.2 Å². The molecule has 0 saturated heterocycles. The van der Waals surface area contributed by atoms with Crippen molar-refractivity contribution in [2.45, 2.75) is 20.8 Å². The maximum atomic E-state index is 12.1. The monoisotopic (exact) mass is 371 g/mol. The predicted octanol–water partition coefficient (Wildman–Crippen LogP) is 2.70. The van der Waals surface area contributed by atoms with E-state index >= 15 is 0 Å². The molecular formula is C15H22BrN3OS. The van der Waals surface area contributed by atoms with Crippen LogP contribution in [0.5, 0.6) is 0 Å². The molecule has 116 valence electrons. The second-order valence-electron chi connectivity index (χ2n) is 4.70. The van der Waals surface area contributed by atoms with Gasteiger partial charge in [0.05, 0.1) is 0 Å². The van der Waals surface area contributed by atoms with Gasteiger partial charge in [0, 0.05) is 23.1 Å². The Morgan fingerprint density at radius 1 is 1.33 bits per heavy atom. The number of likely N-dealkylation sites (N-methyl/N-ethyl adjacent to an activating group) is 1. The first-order valence-electron chi connectivity index (χ1n) is 7.05. The molecule has 1 amide bonds. The van der Waals surface area contributed by atoms with E-state index in [1.54, 1.807) is 12.1 Å². The van der Waals surface area contributed by atoms with E-state index in [1.165, 1.54) is 0 Å². The van der Waals surface area contributed by atoms with Crippen molar-refractivity contribution in [3.05, 3.63) is 33.8 Å².